The fourth-order valence-corrected chi connectivity index (χ4v) is 4.06. The first-order valence-electron chi connectivity index (χ1n) is 12.8. The Morgan fingerprint density at radius 2 is 1.68 bits per heavy atom. The van der Waals surface area contributed by atoms with Gasteiger partial charge in [0.1, 0.15) is 5.75 Å². The van der Waals surface area contributed by atoms with Crippen molar-refractivity contribution in [3.8, 4) is 5.75 Å². The average molecular weight is 535 g/mol. The number of amides is 2. The highest BCUT2D eigenvalue weighted by atomic mass is 35.5. The minimum absolute atomic E-state index is 0.0581. The number of para-hydroxylation sites is 1. The van der Waals surface area contributed by atoms with Gasteiger partial charge in [-0.25, -0.2) is 0 Å². The Morgan fingerprint density at radius 3 is 2.34 bits per heavy atom. The largest absolute Gasteiger partial charge is 0.480 e. The third-order valence-corrected chi connectivity index (χ3v) is 7.02. The van der Waals surface area contributed by atoms with Crippen molar-refractivity contribution < 1.29 is 19.1 Å². The van der Waals surface area contributed by atoms with E-state index in [0.717, 1.165) is 12.0 Å². The Hall–Kier alpha value is -3.64. The van der Waals surface area contributed by atoms with Crippen LogP contribution < -0.4 is 15.4 Å². The normalized spacial score (nSPS) is 11.9. The molecule has 0 bridgehead atoms. The zero-order valence-corrected chi connectivity index (χ0v) is 23.3. The van der Waals surface area contributed by atoms with Crippen LogP contribution in [-0.2, 0) is 15.0 Å². The quantitative estimate of drug-likeness (QED) is 0.199. The van der Waals surface area contributed by atoms with Gasteiger partial charge in [0.05, 0.1) is 17.1 Å². The molecule has 2 N–H and O–H groups in total. The van der Waals surface area contributed by atoms with Crippen LogP contribution in [0.3, 0.4) is 0 Å². The number of rotatable bonds is 11. The summed E-state index contributed by atoms with van der Waals surface area (Å²) < 4.78 is 6.08. The van der Waals surface area contributed by atoms with E-state index in [-0.39, 0.29) is 23.5 Å². The van der Waals surface area contributed by atoms with Crippen molar-refractivity contribution in [2.24, 2.45) is 0 Å². The van der Waals surface area contributed by atoms with Gasteiger partial charge in [-0.05, 0) is 66.6 Å². The standard InChI is InChI=1S/C31H35ClN2O4/c1-6-27(38-28-16-15-22(17-20(28)3)31(4,5)7-2)30(37)33-23-12-10-11-21(18-23)26(35)19-29(36)34-25-14-9-8-13-24(25)32/h8-18,27H,6-7,19H2,1-5H3,(H,33,37)(H,34,36)/t27-/m1/s1. The molecule has 7 heteroatoms. The maximum atomic E-state index is 13.0. The molecule has 0 saturated carbocycles. The van der Waals surface area contributed by atoms with E-state index in [0.29, 0.717) is 34.1 Å². The second-order valence-corrected chi connectivity index (χ2v) is 10.3. The molecular weight excluding hydrogens is 500 g/mol. The number of ether oxygens (including phenoxy) is 1. The number of Topliss-reactive ketones (excluding diaryl/α,β-unsaturated/α-hetero) is 1. The second-order valence-electron chi connectivity index (χ2n) is 9.93. The van der Waals surface area contributed by atoms with Crippen molar-refractivity contribution in [1.29, 1.82) is 0 Å². The number of aryl methyl sites for hydroxylation is 1. The lowest BCUT2D eigenvalue weighted by Gasteiger charge is -2.25. The molecule has 2 amide bonds. The fraction of sp³-hybridized carbons (Fsp3) is 0.323. The highest BCUT2D eigenvalue weighted by Crippen LogP contribution is 2.31. The Bertz CT molecular complexity index is 1320. The van der Waals surface area contributed by atoms with E-state index in [1.165, 1.54) is 5.56 Å². The van der Waals surface area contributed by atoms with E-state index in [2.05, 4.69) is 37.5 Å². The zero-order valence-electron chi connectivity index (χ0n) is 22.6. The van der Waals surface area contributed by atoms with Crippen molar-refractivity contribution in [3.63, 3.8) is 0 Å². The van der Waals surface area contributed by atoms with E-state index in [9.17, 15) is 14.4 Å². The highest BCUT2D eigenvalue weighted by molar-refractivity contribution is 6.33. The number of ketones is 1. The van der Waals surface area contributed by atoms with E-state index in [4.69, 9.17) is 16.3 Å². The van der Waals surface area contributed by atoms with Crippen molar-refractivity contribution >= 4 is 40.6 Å². The summed E-state index contributed by atoms with van der Waals surface area (Å²) in [5, 5.41) is 5.87. The molecule has 0 aliphatic heterocycles. The Kier molecular flexibility index (Phi) is 9.70. The van der Waals surface area contributed by atoms with Crippen LogP contribution in [0.15, 0.2) is 66.7 Å². The summed E-state index contributed by atoms with van der Waals surface area (Å²) in [6.45, 7) is 10.4. The lowest BCUT2D eigenvalue weighted by Crippen LogP contribution is -2.32. The van der Waals surface area contributed by atoms with Gasteiger partial charge < -0.3 is 15.4 Å². The minimum Gasteiger partial charge on any atom is -0.480 e. The summed E-state index contributed by atoms with van der Waals surface area (Å²) in [6, 6.07) is 19.4. The molecule has 0 unspecified atom stereocenters. The topological polar surface area (TPSA) is 84.5 Å². The predicted octanol–water partition coefficient (Wildman–Crippen LogP) is 7.34. The maximum absolute atomic E-state index is 13.0. The van der Waals surface area contributed by atoms with Gasteiger partial charge in [-0.3, -0.25) is 14.4 Å². The highest BCUT2D eigenvalue weighted by Gasteiger charge is 2.22. The van der Waals surface area contributed by atoms with Crippen LogP contribution >= 0.6 is 11.6 Å². The van der Waals surface area contributed by atoms with Gasteiger partial charge in [-0.1, -0.05) is 75.7 Å². The van der Waals surface area contributed by atoms with Gasteiger partial charge in [-0.2, -0.15) is 0 Å². The second kappa shape index (κ2) is 12.7. The lowest BCUT2D eigenvalue weighted by atomic mass is 9.81. The molecule has 0 fully saturated rings. The Morgan fingerprint density at radius 1 is 0.947 bits per heavy atom. The molecular formula is C31H35ClN2O4. The van der Waals surface area contributed by atoms with Crippen LogP contribution in [0.4, 0.5) is 11.4 Å². The van der Waals surface area contributed by atoms with Gasteiger partial charge >= 0.3 is 0 Å². The summed E-state index contributed by atoms with van der Waals surface area (Å²) in [5.41, 5.74) is 3.46. The molecule has 0 heterocycles. The van der Waals surface area contributed by atoms with Gasteiger partial charge in [0.25, 0.3) is 5.91 Å². The SMILES string of the molecule is CC[C@@H](Oc1ccc(C(C)(C)CC)cc1C)C(=O)Nc1cccc(C(=O)CC(=O)Nc2ccccc2Cl)c1. The molecule has 0 radical (unpaired) electrons. The van der Waals surface area contributed by atoms with Crippen molar-refractivity contribution in [2.45, 2.75) is 65.4 Å². The number of anilines is 2. The monoisotopic (exact) mass is 534 g/mol. The van der Waals surface area contributed by atoms with Crippen molar-refractivity contribution in [1.82, 2.24) is 0 Å². The predicted molar refractivity (Wildman–Crippen MR) is 153 cm³/mol. The van der Waals surface area contributed by atoms with E-state index >= 15 is 0 Å². The molecule has 200 valence electrons. The van der Waals surface area contributed by atoms with E-state index in [1.54, 1.807) is 48.5 Å². The smallest absolute Gasteiger partial charge is 0.265 e. The van der Waals surface area contributed by atoms with Gasteiger partial charge in [0, 0.05) is 11.3 Å². The molecule has 0 spiro atoms. The average Bonchev–Trinajstić information content (AvgIpc) is 2.89. The molecule has 0 aliphatic rings. The molecule has 3 rings (SSSR count). The lowest BCUT2D eigenvalue weighted by molar-refractivity contribution is -0.122. The third-order valence-electron chi connectivity index (χ3n) is 6.69. The third kappa shape index (κ3) is 7.45. The van der Waals surface area contributed by atoms with Crippen LogP contribution in [0.1, 0.15) is 68.4 Å². The number of benzene rings is 3. The fourth-order valence-electron chi connectivity index (χ4n) is 3.88. The molecule has 0 aliphatic carbocycles. The van der Waals surface area contributed by atoms with Crippen LogP contribution in [0.25, 0.3) is 0 Å². The number of halogens is 1. The summed E-state index contributed by atoms with van der Waals surface area (Å²) in [4.78, 5) is 38.1. The summed E-state index contributed by atoms with van der Waals surface area (Å²) >= 11 is 6.07. The Labute approximate surface area is 229 Å². The molecule has 6 nitrogen and oxygen atoms in total. The number of carbonyl (C=O) groups is 3. The van der Waals surface area contributed by atoms with Gasteiger partial charge in [0.2, 0.25) is 5.91 Å². The van der Waals surface area contributed by atoms with Crippen LogP contribution in [0.5, 0.6) is 5.75 Å². The first-order chi connectivity index (χ1) is 18.0. The first kappa shape index (κ1) is 28.9. The molecule has 0 aromatic heterocycles. The van der Waals surface area contributed by atoms with Crippen molar-refractivity contribution in [3.05, 3.63) is 88.4 Å². The zero-order chi connectivity index (χ0) is 27.9. The molecule has 38 heavy (non-hydrogen) atoms. The molecule has 3 aromatic rings. The maximum Gasteiger partial charge on any atom is 0.265 e. The van der Waals surface area contributed by atoms with Gasteiger partial charge in [0.15, 0.2) is 11.9 Å². The number of hydrogen-bond acceptors (Lipinski definition) is 4. The molecule has 1 atom stereocenters. The molecule has 3 aromatic carbocycles. The number of nitrogens with one attached hydrogen (secondary N) is 2. The van der Waals surface area contributed by atoms with E-state index in [1.807, 2.05) is 26.0 Å². The summed E-state index contributed by atoms with van der Waals surface area (Å²) in [6.07, 6.45) is 0.418. The van der Waals surface area contributed by atoms with E-state index < -0.39 is 12.0 Å². The van der Waals surface area contributed by atoms with Crippen LogP contribution in [0, 0.1) is 6.92 Å². The van der Waals surface area contributed by atoms with Crippen LogP contribution in [-0.4, -0.2) is 23.7 Å². The van der Waals surface area contributed by atoms with Gasteiger partial charge in [-0.15, -0.1) is 0 Å². The van der Waals surface area contributed by atoms with Crippen LogP contribution in [0.2, 0.25) is 5.02 Å². The minimum atomic E-state index is -0.709. The number of carbonyl (C=O) groups excluding carboxylic acids is 3. The van der Waals surface area contributed by atoms with Crippen molar-refractivity contribution in [2.75, 3.05) is 10.6 Å². The summed E-state index contributed by atoms with van der Waals surface area (Å²) in [5.74, 6) is -0.498. The molecule has 0 saturated heterocycles. The first-order valence-corrected chi connectivity index (χ1v) is 13.2. The summed E-state index contributed by atoms with van der Waals surface area (Å²) in [7, 11) is 0. The Balaban J connectivity index is 1.64. The number of hydrogen-bond donors (Lipinski definition) is 2.